The molecule has 104 valence electrons. The van der Waals surface area contributed by atoms with Gasteiger partial charge in [-0.2, -0.15) is 0 Å². The molecule has 0 amide bonds. The maximum Gasteiger partial charge on any atom is 0.307 e. The Labute approximate surface area is 115 Å². The van der Waals surface area contributed by atoms with E-state index in [-0.39, 0.29) is 5.97 Å². The van der Waals surface area contributed by atoms with Gasteiger partial charge in [-0.3, -0.25) is 9.69 Å². The van der Waals surface area contributed by atoms with E-state index >= 15 is 0 Å². The van der Waals surface area contributed by atoms with E-state index in [1.54, 1.807) is 0 Å². The van der Waals surface area contributed by atoms with Crippen molar-refractivity contribution >= 4 is 5.97 Å². The molecule has 0 N–H and O–H groups in total. The molecule has 0 bridgehead atoms. The Bertz CT molecular complexity index is 391. The number of esters is 1. The summed E-state index contributed by atoms with van der Waals surface area (Å²) in [4.78, 5) is 14.1. The third kappa shape index (κ3) is 4.35. The molecule has 2 rings (SSSR count). The van der Waals surface area contributed by atoms with E-state index < -0.39 is 0 Å². The van der Waals surface area contributed by atoms with Gasteiger partial charge in [-0.15, -0.1) is 0 Å². The van der Waals surface area contributed by atoms with E-state index in [1.165, 1.54) is 18.4 Å². The molecule has 1 heterocycles. The fourth-order valence-electron chi connectivity index (χ4n) is 2.73. The van der Waals surface area contributed by atoms with Gasteiger partial charge < -0.3 is 4.74 Å². The van der Waals surface area contributed by atoms with E-state index in [9.17, 15) is 4.79 Å². The summed E-state index contributed by atoms with van der Waals surface area (Å²) in [5.74, 6) is -0.0625. The van der Waals surface area contributed by atoms with Crippen LogP contribution in [0.4, 0.5) is 0 Å². The van der Waals surface area contributed by atoms with Crippen LogP contribution in [0.15, 0.2) is 30.3 Å². The van der Waals surface area contributed by atoms with Gasteiger partial charge in [-0.05, 0) is 31.9 Å². The van der Waals surface area contributed by atoms with E-state index in [0.717, 1.165) is 19.5 Å². The van der Waals surface area contributed by atoms with Crippen molar-refractivity contribution in [3.8, 4) is 0 Å². The number of benzene rings is 1. The standard InChI is InChI=1S/C16H23NO2/c1-2-19-16(18)12-15-10-6-7-11-17(15)13-14-8-4-3-5-9-14/h3-5,8-9,15H,2,6-7,10-13H2,1H3/t15-/m0/s1. The summed E-state index contributed by atoms with van der Waals surface area (Å²) in [7, 11) is 0. The SMILES string of the molecule is CCOC(=O)C[C@@H]1CCCCN1Cc1ccccc1. The van der Waals surface area contributed by atoms with Gasteiger partial charge in [-0.1, -0.05) is 36.8 Å². The smallest absolute Gasteiger partial charge is 0.307 e. The highest BCUT2D eigenvalue weighted by Crippen LogP contribution is 2.22. The minimum Gasteiger partial charge on any atom is -0.466 e. The van der Waals surface area contributed by atoms with Crippen LogP contribution in [0.2, 0.25) is 0 Å². The van der Waals surface area contributed by atoms with Gasteiger partial charge in [0.15, 0.2) is 0 Å². The highest BCUT2D eigenvalue weighted by atomic mass is 16.5. The van der Waals surface area contributed by atoms with Crippen LogP contribution >= 0.6 is 0 Å². The zero-order chi connectivity index (χ0) is 13.5. The minimum atomic E-state index is -0.0625. The molecule has 1 saturated heterocycles. The molecule has 1 aromatic carbocycles. The molecule has 3 nitrogen and oxygen atoms in total. The van der Waals surface area contributed by atoms with Crippen LogP contribution in [-0.4, -0.2) is 30.1 Å². The van der Waals surface area contributed by atoms with Crippen molar-refractivity contribution in [1.82, 2.24) is 4.90 Å². The number of ether oxygens (including phenoxy) is 1. The Hall–Kier alpha value is -1.35. The average molecular weight is 261 g/mol. The van der Waals surface area contributed by atoms with Crippen molar-refractivity contribution in [3.63, 3.8) is 0 Å². The average Bonchev–Trinajstić information content (AvgIpc) is 2.42. The first-order valence-corrected chi connectivity index (χ1v) is 7.23. The summed E-state index contributed by atoms with van der Waals surface area (Å²) in [6, 6.07) is 10.8. The summed E-state index contributed by atoms with van der Waals surface area (Å²) in [5.41, 5.74) is 1.32. The molecule has 0 aliphatic carbocycles. The number of nitrogens with zero attached hydrogens (tertiary/aromatic N) is 1. The summed E-state index contributed by atoms with van der Waals surface area (Å²) in [5, 5.41) is 0. The predicted octanol–water partition coefficient (Wildman–Crippen LogP) is 2.99. The molecule has 0 radical (unpaired) electrons. The van der Waals surface area contributed by atoms with Crippen LogP contribution in [0.1, 0.15) is 38.2 Å². The van der Waals surface area contributed by atoms with Crippen molar-refractivity contribution in [2.24, 2.45) is 0 Å². The Balaban J connectivity index is 1.94. The maximum atomic E-state index is 11.7. The molecule has 1 atom stereocenters. The molecule has 1 aliphatic heterocycles. The molecule has 1 aliphatic rings. The molecule has 0 unspecified atom stereocenters. The molecule has 0 aromatic heterocycles. The molecule has 1 aromatic rings. The second-order valence-electron chi connectivity index (χ2n) is 5.11. The zero-order valence-corrected chi connectivity index (χ0v) is 11.7. The number of rotatable bonds is 5. The molecule has 19 heavy (non-hydrogen) atoms. The normalized spacial score (nSPS) is 20.2. The first kappa shape index (κ1) is 14.1. The first-order valence-electron chi connectivity index (χ1n) is 7.23. The number of hydrogen-bond acceptors (Lipinski definition) is 3. The summed E-state index contributed by atoms with van der Waals surface area (Å²) in [6.07, 6.45) is 4.08. The third-order valence-corrected chi connectivity index (χ3v) is 3.69. The second-order valence-corrected chi connectivity index (χ2v) is 5.11. The number of carbonyl (C=O) groups is 1. The number of carbonyl (C=O) groups excluding carboxylic acids is 1. The Morgan fingerprint density at radius 1 is 1.32 bits per heavy atom. The van der Waals surface area contributed by atoms with Crippen molar-refractivity contribution in [1.29, 1.82) is 0 Å². The van der Waals surface area contributed by atoms with Crippen LogP contribution in [0.5, 0.6) is 0 Å². The van der Waals surface area contributed by atoms with Crippen molar-refractivity contribution in [3.05, 3.63) is 35.9 Å². The maximum absolute atomic E-state index is 11.7. The predicted molar refractivity (Wildman–Crippen MR) is 75.7 cm³/mol. The van der Waals surface area contributed by atoms with Crippen molar-refractivity contribution in [2.75, 3.05) is 13.2 Å². The fourth-order valence-corrected chi connectivity index (χ4v) is 2.73. The Kier molecular flexibility index (Phi) is 5.40. The van der Waals surface area contributed by atoms with Gasteiger partial charge in [0.05, 0.1) is 13.0 Å². The fraction of sp³-hybridized carbons (Fsp3) is 0.562. The van der Waals surface area contributed by atoms with Crippen LogP contribution in [0.25, 0.3) is 0 Å². The lowest BCUT2D eigenvalue weighted by Gasteiger charge is -2.35. The largest absolute Gasteiger partial charge is 0.466 e. The highest BCUT2D eigenvalue weighted by Gasteiger charge is 2.25. The Morgan fingerprint density at radius 3 is 2.84 bits per heavy atom. The van der Waals surface area contributed by atoms with Crippen LogP contribution in [-0.2, 0) is 16.1 Å². The molecular formula is C16H23NO2. The minimum absolute atomic E-state index is 0.0625. The first-order chi connectivity index (χ1) is 9.29. The van der Waals surface area contributed by atoms with Crippen molar-refractivity contribution in [2.45, 2.75) is 45.2 Å². The van der Waals surface area contributed by atoms with Gasteiger partial charge in [0.25, 0.3) is 0 Å². The molecule has 1 fully saturated rings. The monoisotopic (exact) mass is 261 g/mol. The van der Waals surface area contributed by atoms with Gasteiger partial charge in [0, 0.05) is 12.6 Å². The topological polar surface area (TPSA) is 29.5 Å². The quantitative estimate of drug-likeness (QED) is 0.763. The van der Waals surface area contributed by atoms with E-state index in [4.69, 9.17) is 4.74 Å². The lowest BCUT2D eigenvalue weighted by atomic mass is 9.98. The summed E-state index contributed by atoms with van der Waals surface area (Å²) < 4.78 is 5.08. The van der Waals surface area contributed by atoms with Crippen LogP contribution in [0.3, 0.4) is 0 Å². The lowest BCUT2D eigenvalue weighted by molar-refractivity contribution is -0.145. The van der Waals surface area contributed by atoms with E-state index in [2.05, 4.69) is 29.2 Å². The number of piperidine rings is 1. The third-order valence-electron chi connectivity index (χ3n) is 3.69. The number of likely N-dealkylation sites (tertiary alicyclic amines) is 1. The molecule has 0 saturated carbocycles. The van der Waals surface area contributed by atoms with Gasteiger partial charge in [0.2, 0.25) is 0 Å². The zero-order valence-electron chi connectivity index (χ0n) is 11.7. The van der Waals surface area contributed by atoms with Crippen molar-refractivity contribution < 1.29 is 9.53 Å². The molecule has 3 heteroatoms. The molecular weight excluding hydrogens is 238 g/mol. The van der Waals surface area contributed by atoms with Gasteiger partial charge in [0.1, 0.15) is 0 Å². The van der Waals surface area contributed by atoms with Crippen LogP contribution in [0, 0.1) is 0 Å². The summed E-state index contributed by atoms with van der Waals surface area (Å²) >= 11 is 0. The lowest BCUT2D eigenvalue weighted by Crippen LogP contribution is -2.40. The van der Waals surface area contributed by atoms with Gasteiger partial charge in [-0.25, -0.2) is 0 Å². The van der Waals surface area contributed by atoms with Gasteiger partial charge >= 0.3 is 5.97 Å². The van der Waals surface area contributed by atoms with E-state index in [1.807, 2.05) is 13.0 Å². The van der Waals surface area contributed by atoms with Crippen LogP contribution < -0.4 is 0 Å². The van der Waals surface area contributed by atoms with E-state index in [0.29, 0.717) is 19.1 Å². The highest BCUT2D eigenvalue weighted by molar-refractivity contribution is 5.70. The summed E-state index contributed by atoms with van der Waals surface area (Å²) in [6.45, 7) is 4.36. The Morgan fingerprint density at radius 2 is 2.11 bits per heavy atom. The number of hydrogen-bond donors (Lipinski definition) is 0. The molecule has 0 spiro atoms. The second kappa shape index (κ2) is 7.29.